The van der Waals surface area contributed by atoms with E-state index >= 15 is 0 Å². The first-order valence-corrected chi connectivity index (χ1v) is 6.00. The van der Waals surface area contributed by atoms with E-state index in [1.165, 1.54) is 6.33 Å². The molecule has 0 saturated carbocycles. The van der Waals surface area contributed by atoms with Crippen molar-refractivity contribution in [3.8, 4) is 0 Å². The Morgan fingerprint density at radius 3 is 2.95 bits per heavy atom. The molecule has 19 heavy (non-hydrogen) atoms. The Morgan fingerprint density at radius 2 is 2.32 bits per heavy atom. The maximum Gasteiger partial charge on any atom is 0.354 e. The molecule has 1 aromatic heterocycles. The van der Waals surface area contributed by atoms with Gasteiger partial charge in [-0.15, -0.1) is 0 Å². The largest absolute Gasteiger partial charge is 0.381 e. The highest BCUT2D eigenvalue weighted by Gasteiger charge is 2.22. The van der Waals surface area contributed by atoms with Gasteiger partial charge in [0.1, 0.15) is 6.33 Å². The van der Waals surface area contributed by atoms with Crippen molar-refractivity contribution in [2.45, 2.75) is 12.8 Å². The fourth-order valence-corrected chi connectivity index (χ4v) is 1.99. The van der Waals surface area contributed by atoms with Gasteiger partial charge in [0, 0.05) is 19.8 Å². The minimum absolute atomic E-state index is 0.00769. The summed E-state index contributed by atoms with van der Waals surface area (Å²) >= 11 is 0. The molecule has 1 aliphatic heterocycles. The van der Waals surface area contributed by atoms with Crippen LogP contribution in [0.4, 0.5) is 17.3 Å². The highest BCUT2D eigenvalue weighted by Crippen LogP contribution is 2.28. The second kappa shape index (κ2) is 6.25. The van der Waals surface area contributed by atoms with Crippen molar-refractivity contribution in [1.82, 2.24) is 9.97 Å². The minimum Gasteiger partial charge on any atom is -0.381 e. The monoisotopic (exact) mass is 268 g/mol. The smallest absolute Gasteiger partial charge is 0.354 e. The van der Waals surface area contributed by atoms with Crippen LogP contribution in [0.1, 0.15) is 12.8 Å². The van der Waals surface area contributed by atoms with Gasteiger partial charge in [-0.3, -0.25) is 10.1 Å². The maximum absolute atomic E-state index is 11.0. The van der Waals surface area contributed by atoms with E-state index in [0.717, 1.165) is 26.1 Å². The van der Waals surface area contributed by atoms with Crippen molar-refractivity contribution in [3.05, 3.63) is 16.4 Å². The zero-order valence-corrected chi connectivity index (χ0v) is 10.3. The Bertz CT molecular complexity index is 449. The molecule has 0 radical (unpaired) electrons. The van der Waals surface area contributed by atoms with Gasteiger partial charge in [0.25, 0.3) is 0 Å². The summed E-state index contributed by atoms with van der Waals surface area (Å²) in [6, 6.07) is 0. The van der Waals surface area contributed by atoms with Gasteiger partial charge < -0.3 is 15.5 Å². The van der Waals surface area contributed by atoms with Crippen molar-refractivity contribution < 1.29 is 9.66 Å². The summed E-state index contributed by atoms with van der Waals surface area (Å²) in [5.74, 6) is 5.86. The topological polar surface area (TPSA) is 128 Å². The van der Waals surface area contributed by atoms with E-state index in [1.54, 1.807) is 0 Å². The highest BCUT2D eigenvalue weighted by atomic mass is 16.6. The predicted molar refractivity (Wildman–Crippen MR) is 68.5 cm³/mol. The van der Waals surface area contributed by atoms with Crippen LogP contribution in [0.15, 0.2) is 6.33 Å². The van der Waals surface area contributed by atoms with Crippen LogP contribution in [-0.2, 0) is 4.74 Å². The molecule has 1 saturated heterocycles. The average molecular weight is 268 g/mol. The average Bonchev–Trinajstić information content (AvgIpc) is 2.91. The van der Waals surface area contributed by atoms with E-state index < -0.39 is 4.92 Å². The van der Waals surface area contributed by atoms with E-state index in [2.05, 4.69) is 20.7 Å². The Balaban J connectivity index is 2.00. The Morgan fingerprint density at radius 1 is 1.53 bits per heavy atom. The molecule has 0 amide bonds. The first-order valence-electron chi connectivity index (χ1n) is 6.00. The van der Waals surface area contributed by atoms with E-state index in [4.69, 9.17) is 10.6 Å². The second-order valence-corrected chi connectivity index (χ2v) is 4.27. The molecule has 0 spiro atoms. The molecule has 2 heterocycles. The molecule has 0 bridgehead atoms. The van der Waals surface area contributed by atoms with Gasteiger partial charge in [-0.25, -0.2) is 15.8 Å². The van der Waals surface area contributed by atoms with E-state index in [-0.39, 0.29) is 17.3 Å². The number of nitrogen functional groups attached to an aromatic ring is 1. The number of hydrazine groups is 1. The quantitative estimate of drug-likeness (QED) is 0.386. The number of hydrogen-bond acceptors (Lipinski definition) is 8. The summed E-state index contributed by atoms with van der Waals surface area (Å²) in [6.45, 7) is 2.14. The molecule has 1 atom stereocenters. The fraction of sp³-hybridized carbons (Fsp3) is 0.600. The van der Waals surface area contributed by atoms with Crippen LogP contribution < -0.4 is 16.6 Å². The number of ether oxygens (including phenoxy) is 1. The molecule has 1 aliphatic rings. The van der Waals surface area contributed by atoms with Crippen LogP contribution in [-0.4, -0.2) is 34.6 Å². The lowest BCUT2D eigenvalue weighted by Gasteiger charge is -2.10. The number of nitrogens with one attached hydrogen (secondary N) is 2. The van der Waals surface area contributed by atoms with Crippen molar-refractivity contribution in [2.24, 2.45) is 11.8 Å². The molecule has 1 unspecified atom stereocenters. The van der Waals surface area contributed by atoms with Crippen LogP contribution in [0.3, 0.4) is 0 Å². The third-order valence-electron chi connectivity index (χ3n) is 3.01. The van der Waals surface area contributed by atoms with Gasteiger partial charge in [0.2, 0.25) is 11.6 Å². The first kappa shape index (κ1) is 13.4. The number of nitrogens with two attached hydrogens (primary N) is 1. The second-order valence-electron chi connectivity index (χ2n) is 4.27. The molecular weight excluding hydrogens is 252 g/mol. The molecule has 0 aliphatic carbocycles. The predicted octanol–water partition coefficient (Wildman–Crippen LogP) is 0.509. The van der Waals surface area contributed by atoms with Crippen molar-refractivity contribution in [1.29, 1.82) is 0 Å². The van der Waals surface area contributed by atoms with Crippen LogP contribution in [0.5, 0.6) is 0 Å². The number of rotatable bonds is 6. The normalized spacial score (nSPS) is 18.3. The summed E-state index contributed by atoms with van der Waals surface area (Å²) in [6.07, 6.45) is 3.14. The van der Waals surface area contributed by atoms with Crippen LogP contribution in [0.2, 0.25) is 0 Å². The molecule has 2 rings (SSSR count). The molecule has 0 aromatic carbocycles. The summed E-state index contributed by atoms with van der Waals surface area (Å²) in [7, 11) is 0. The lowest BCUT2D eigenvalue weighted by molar-refractivity contribution is -0.383. The van der Waals surface area contributed by atoms with Gasteiger partial charge in [-0.2, -0.15) is 0 Å². The van der Waals surface area contributed by atoms with E-state index in [1.807, 2.05) is 0 Å². The summed E-state index contributed by atoms with van der Waals surface area (Å²) in [4.78, 5) is 18.0. The summed E-state index contributed by atoms with van der Waals surface area (Å²) in [5, 5.41) is 13.9. The first-order chi connectivity index (χ1) is 9.22. The highest BCUT2D eigenvalue weighted by molar-refractivity contribution is 5.68. The lowest BCUT2D eigenvalue weighted by Crippen LogP contribution is -2.15. The number of aromatic nitrogens is 2. The Hall–Kier alpha value is -2.00. The summed E-state index contributed by atoms with van der Waals surface area (Å²) in [5.41, 5.74) is 1.95. The lowest BCUT2D eigenvalue weighted by atomic mass is 10.1. The van der Waals surface area contributed by atoms with Crippen LogP contribution in [0, 0.1) is 16.0 Å². The Kier molecular flexibility index (Phi) is 4.42. The molecule has 1 aromatic rings. The number of anilines is 2. The minimum atomic E-state index is -0.559. The van der Waals surface area contributed by atoms with Gasteiger partial charge in [-0.1, -0.05) is 0 Å². The van der Waals surface area contributed by atoms with Gasteiger partial charge in [0.05, 0.1) is 4.92 Å². The van der Waals surface area contributed by atoms with E-state index in [9.17, 15) is 10.1 Å². The fourth-order valence-electron chi connectivity index (χ4n) is 1.99. The Labute approximate surface area is 109 Å². The van der Waals surface area contributed by atoms with Crippen LogP contribution >= 0.6 is 0 Å². The number of nitro groups is 1. The maximum atomic E-state index is 11.0. The molecule has 9 nitrogen and oxygen atoms in total. The molecule has 1 fully saturated rings. The third kappa shape index (κ3) is 3.26. The molecule has 4 N–H and O–H groups in total. The van der Waals surface area contributed by atoms with Gasteiger partial charge in [-0.05, 0) is 18.8 Å². The number of nitrogens with zero attached hydrogens (tertiary/aromatic N) is 3. The molecular formula is C10H16N6O3. The third-order valence-corrected chi connectivity index (χ3v) is 3.01. The zero-order valence-electron chi connectivity index (χ0n) is 10.3. The standard InChI is InChI=1S/C10H16N6O3/c11-15-10-8(16(17)18)9(13-6-14-10)12-3-1-7-2-4-19-5-7/h6-7H,1-5,11H2,(H2,12,13,14,15). The SMILES string of the molecule is NNc1ncnc(NCCC2CCOC2)c1[N+](=O)[O-]. The summed E-state index contributed by atoms with van der Waals surface area (Å²) < 4.78 is 5.27. The van der Waals surface area contributed by atoms with Crippen molar-refractivity contribution >= 4 is 17.3 Å². The molecule has 104 valence electrons. The van der Waals surface area contributed by atoms with E-state index in [0.29, 0.717) is 12.5 Å². The van der Waals surface area contributed by atoms with Crippen molar-refractivity contribution in [3.63, 3.8) is 0 Å². The van der Waals surface area contributed by atoms with Gasteiger partial charge in [0.15, 0.2) is 0 Å². The van der Waals surface area contributed by atoms with Crippen LogP contribution in [0.25, 0.3) is 0 Å². The zero-order chi connectivity index (χ0) is 13.7. The number of hydrogen-bond donors (Lipinski definition) is 3. The van der Waals surface area contributed by atoms with Gasteiger partial charge >= 0.3 is 5.69 Å². The molecule has 9 heteroatoms. The van der Waals surface area contributed by atoms with Crippen molar-refractivity contribution in [2.75, 3.05) is 30.5 Å².